The number of Topliss-reactive ketones (excluding diaryl/α,β-unsaturated/α-hetero) is 1. The number of hydrogen-bond donors (Lipinski definition) is 2. The molecule has 3 amide bonds. The highest BCUT2D eigenvalue weighted by Crippen LogP contribution is 2.25. The van der Waals surface area contributed by atoms with Crippen LogP contribution in [-0.2, 0) is 9.59 Å². The minimum atomic E-state index is -0.838. The summed E-state index contributed by atoms with van der Waals surface area (Å²) in [4.78, 5) is 51.2. The van der Waals surface area contributed by atoms with E-state index in [2.05, 4.69) is 10.6 Å². The van der Waals surface area contributed by atoms with E-state index in [0.717, 1.165) is 12.7 Å². The van der Waals surface area contributed by atoms with Crippen molar-refractivity contribution < 1.29 is 23.6 Å². The number of nitrogens with one attached hydrogen (secondary N) is 2. The van der Waals surface area contributed by atoms with Gasteiger partial charge in [-0.15, -0.1) is 0 Å². The Kier molecular flexibility index (Phi) is 7.21. The summed E-state index contributed by atoms with van der Waals surface area (Å²) < 4.78 is 5.16. The molecule has 0 spiro atoms. The standard InChI is InChI=1S/C21H31N3O5/c1-13(2)16(17(26)15-9-7-11-29-15)22-20(28)23-18(21(3,4)5)19(27)24-10-6-8-14(24)12-25/h7,9,11-14,16,18H,6,8,10H2,1-5H3,(H2,22,23,28). The lowest BCUT2D eigenvalue weighted by atomic mass is 9.85. The Morgan fingerprint density at radius 3 is 2.45 bits per heavy atom. The predicted octanol–water partition coefficient (Wildman–Crippen LogP) is 2.39. The van der Waals surface area contributed by atoms with Crippen LogP contribution in [-0.4, -0.2) is 53.6 Å². The first kappa shape index (κ1) is 22.6. The quantitative estimate of drug-likeness (QED) is 0.535. The van der Waals surface area contributed by atoms with Gasteiger partial charge < -0.3 is 24.7 Å². The molecule has 1 aromatic heterocycles. The second-order valence-electron chi connectivity index (χ2n) is 8.86. The van der Waals surface area contributed by atoms with Gasteiger partial charge in [0.2, 0.25) is 11.7 Å². The van der Waals surface area contributed by atoms with Gasteiger partial charge in [-0.1, -0.05) is 34.6 Å². The molecule has 2 N–H and O–H groups in total. The summed E-state index contributed by atoms with van der Waals surface area (Å²) in [5.41, 5.74) is -0.581. The fraction of sp³-hybridized carbons (Fsp3) is 0.619. The van der Waals surface area contributed by atoms with Crippen LogP contribution in [0, 0.1) is 11.3 Å². The average Bonchev–Trinajstić information content (AvgIpc) is 3.33. The highest BCUT2D eigenvalue weighted by molar-refractivity contribution is 6.00. The largest absolute Gasteiger partial charge is 0.461 e. The lowest BCUT2D eigenvalue weighted by Gasteiger charge is -2.35. The molecule has 1 aliphatic heterocycles. The van der Waals surface area contributed by atoms with Crippen molar-refractivity contribution in [1.29, 1.82) is 0 Å². The predicted molar refractivity (Wildman–Crippen MR) is 107 cm³/mol. The molecule has 0 radical (unpaired) electrons. The second-order valence-corrected chi connectivity index (χ2v) is 8.86. The number of aldehydes is 1. The molecule has 3 unspecified atom stereocenters. The number of furan rings is 1. The molecule has 0 bridgehead atoms. The van der Waals surface area contributed by atoms with E-state index >= 15 is 0 Å². The molecule has 1 aliphatic rings. The molecule has 0 saturated carbocycles. The lowest BCUT2D eigenvalue weighted by Crippen LogP contribution is -2.59. The van der Waals surface area contributed by atoms with Gasteiger partial charge in [-0.25, -0.2) is 4.79 Å². The smallest absolute Gasteiger partial charge is 0.316 e. The first-order valence-electron chi connectivity index (χ1n) is 9.96. The number of likely N-dealkylation sites (tertiary alicyclic amines) is 1. The summed E-state index contributed by atoms with van der Waals surface area (Å²) in [6.07, 6.45) is 3.57. The van der Waals surface area contributed by atoms with Crippen LogP contribution in [0.1, 0.15) is 58.0 Å². The van der Waals surface area contributed by atoms with E-state index in [-0.39, 0.29) is 23.4 Å². The Hall–Kier alpha value is -2.64. The van der Waals surface area contributed by atoms with E-state index in [1.54, 1.807) is 12.1 Å². The van der Waals surface area contributed by atoms with Gasteiger partial charge >= 0.3 is 6.03 Å². The second kappa shape index (κ2) is 9.24. The van der Waals surface area contributed by atoms with Gasteiger partial charge in [0.1, 0.15) is 12.3 Å². The van der Waals surface area contributed by atoms with Gasteiger partial charge in [0.05, 0.1) is 18.3 Å². The van der Waals surface area contributed by atoms with Crippen LogP contribution in [0.25, 0.3) is 0 Å². The van der Waals surface area contributed by atoms with E-state index in [0.29, 0.717) is 13.0 Å². The summed E-state index contributed by atoms with van der Waals surface area (Å²) in [5, 5.41) is 5.40. The van der Waals surface area contributed by atoms with Crippen LogP contribution >= 0.6 is 0 Å². The number of nitrogens with zero attached hydrogens (tertiary/aromatic N) is 1. The number of ketones is 1. The Morgan fingerprint density at radius 1 is 1.24 bits per heavy atom. The zero-order valence-corrected chi connectivity index (χ0v) is 17.7. The molecular formula is C21H31N3O5. The van der Waals surface area contributed by atoms with Gasteiger partial charge in [-0.3, -0.25) is 9.59 Å². The number of urea groups is 1. The normalized spacial score (nSPS) is 19.0. The van der Waals surface area contributed by atoms with Crippen molar-refractivity contribution in [3.8, 4) is 0 Å². The SMILES string of the molecule is CC(C)C(NC(=O)NC(C(=O)N1CCCC1C=O)C(C)(C)C)C(=O)c1ccco1. The number of rotatable bonds is 7. The van der Waals surface area contributed by atoms with E-state index in [4.69, 9.17) is 4.42 Å². The summed E-state index contributed by atoms with van der Waals surface area (Å²) in [7, 11) is 0. The molecule has 1 aromatic rings. The van der Waals surface area contributed by atoms with Crippen LogP contribution in [0.5, 0.6) is 0 Å². The number of amides is 3. The molecule has 2 rings (SSSR count). The molecular weight excluding hydrogens is 374 g/mol. The fourth-order valence-corrected chi connectivity index (χ4v) is 3.44. The van der Waals surface area contributed by atoms with Crippen molar-refractivity contribution in [3.05, 3.63) is 24.2 Å². The van der Waals surface area contributed by atoms with E-state index in [9.17, 15) is 19.2 Å². The molecule has 160 valence electrons. The highest BCUT2D eigenvalue weighted by atomic mass is 16.3. The van der Waals surface area contributed by atoms with Gasteiger partial charge in [0.25, 0.3) is 0 Å². The van der Waals surface area contributed by atoms with E-state index < -0.39 is 29.6 Å². The maximum atomic E-state index is 13.1. The van der Waals surface area contributed by atoms with Crippen molar-refractivity contribution in [2.24, 2.45) is 11.3 Å². The van der Waals surface area contributed by atoms with E-state index in [1.807, 2.05) is 34.6 Å². The van der Waals surface area contributed by atoms with Crippen LogP contribution < -0.4 is 10.6 Å². The molecule has 2 heterocycles. The Bertz CT molecular complexity index is 736. The third-order valence-electron chi connectivity index (χ3n) is 5.13. The minimum Gasteiger partial charge on any atom is -0.461 e. The number of carbonyl (C=O) groups excluding carboxylic acids is 4. The van der Waals surface area contributed by atoms with Crippen molar-refractivity contribution in [1.82, 2.24) is 15.5 Å². The first-order chi connectivity index (χ1) is 13.6. The maximum absolute atomic E-state index is 13.1. The molecule has 29 heavy (non-hydrogen) atoms. The fourth-order valence-electron chi connectivity index (χ4n) is 3.44. The van der Waals surface area contributed by atoms with Crippen LogP contribution in [0.15, 0.2) is 22.8 Å². The summed E-state index contributed by atoms with van der Waals surface area (Å²) in [6, 6.07) is 0.449. The molecule has 1 fully saturated rings. The highest BCUT2D eigenvalue weighted by Gasteiger charge is 2.40. The van der Waals surface area contributed by atoms with Gasteiger partial charge in [-0.05, 0) is 36.3 Å². The molecule has 0 aliphatic carbocycles. The summed E-state index contributed by atoms with van der Waals surface area (Å²) >= 11 is 0. The average molecular weight is 405 g/mol. The molecule has 8 heteroatoms. The van der Waals surface area contributed by atoms with Gasteiger partial charge in [0, 0.05) is 6.54 Å². The van der Waals surface area contributed by atoms with Crippen LogP contribution in [0.4, 0.5) is 4.79 Å². The summed E-state index contributed by atoms with van der Waals surface area (Å²) in [6.45, 7) is 9.65. The Balaban J connectivity index is 2.13. The molecule has 0 aromatic carbocycles. The monoisotopic (exact) mass is 405 g/mol. The molecule has 3 atom stereocenters. The third kappa shape index (κ3) is 5.46. The Morgan fingerprint density at radius 2 is 1.93 bits per heavy atom. The van der Waals surface area contributed by atoms with Crippen molar-refractivity contribution in [2.45, 2.75) is 65.6 Å². The zero-order valence-electron chi connectivity index (χ0n) is 17.7. The first-order valence-corrected chi connectivity index (χ1v) is 9.96. The third-order valence-corrected chi connectivity index (χ3v) is 5.13. The van der Waals surface area contributed by atoms with Crippen LogP contribution in [0.2, 0.25) is 0 Å². The lowest BCUT2D eigenvalue weighted by molar-refractivity contribution is -0.138. The molecule has 8 nitrogen and oxygen atoms in total. The number of carbonyl (C=O) groups is 4. The maximum Gasteiger partial charge on any atom is 0.316 e. The van der Waals surface area contributed by atoms with Crippen molar-refractivity contribution >= 4 is 24.0 Å². The van der Waals surface area contributed by atoms with Crippen LogP contribution in [0.3, 0.4) is 0 Å². The van der Waals surface area contributed by atoms with E-state index in [1.165, 1.54) is 11.2 Å². The molecule has 1 saturated heterocycles. The minimum absolute atomic E-state index is 0.165. The number of hydrogen-bond acceptors (Lipinski definition) is 5. The Labute approximate surface area is 171 Å². The van der Waals surface area contributed by atoms with Gasteiger partial charge in [0.15, 0.2) is 5.76 Å². The summed E-state index contributed by atoms with van der Waals surface area (Å²) in [5.74, 6) is -0.640. The van der Waals surface area contributed by atoms with Crippen molar-refractivity contribution in [3.63, 3.8) is 0 Å². The van der Waals surface area contributed by atoms with Gasteiger partial charge in [-0.2, -0.15) is 0 Å². The van der Waals surface area contributed by atoms with Crippen molar-refractivity contribution in [2.75, 3.05) is 6.54 Å². The topological polar surface area (TPSA) is 109 Å². The zero-order chi connectivity index (χ0) is 21.8.